The lowest BCUT2D eigenvalue weighted by Gasteiger charge is -2.34. The van der Waals surface area contributed by atoms with Gasteiger partial charge in [-0.25, -0.2) is 19.3 Å². The van der Waals surface area contributed by atoms with Crippen LogP contribution in [0.15, 0.2) is 36.8 Å². The minimum atomic E-state index is -0.257. The lowest BCUT2D eigenvalue weighted by Crippen LogP contribution is -2.49. The molecule has 1 fully saturated rings. The van der Waals surface area contributed by atoms with Gasteiger partial charge in [0.2, 0.25) is 5.88 Å². The number of pyridine rings is 1. The van der Waals surface area contributed by atoms with E-state index in [1.54, 1.807) is 28.9 Å². The fraction of sp³-hybridized carbons (Fsp3) is 0.368. The third kappa shape index (κ3) is 3.30. The van der Waals surface area contributed by atoms with Crippen LogP contribution >= 0.6 is 0 Å². The number of methoxy groups -OCH3 is 1. The molecule has 4 rings (SSSR count). The van der Waals surface area contributed by atoms with E-state index in [0.717, 1.165) is 22.6 Å². The van der Waals surface area contributed by atoms with E-state index < -0.39 is 0 Å². The molecule has 9 nitrogen and oxygen atoms in total. The number of carbonyl (C=O) groups excluding carboxylic acids is 1. The van der Waals surface area contributed by atoms with E-state index in [-0.39, 0.29) is 6.09 Å². The first kappa shape index (κ1) is 18.0. The van der Waals surface area contributed by atoms with Crippen LogP contribution in [-0.4, -0.2) is 70.5 Å². The summed E-state index contributed by atoms with van der Waals surface area (Å²) in [6.45, 7) is 4.80. The predicted molar refractivity (Wildman–Crippen MR) is 104 cm³/mol. The number of fused-ring (bicyclic) bond motifs is 1. The zero-order valence-electron chi connectivity index (χ0n) is 15.9. The minimum Gasteiger partial charge on any atom is -0.481 e. The van der Waals surface area contributed by atoms with Crippen molar-refractivity contribution in [1.29, 1.82) is 0 Å². The van der Waals surface area contributed by atoms with E-state index in [1.165, 1.54) is 0 Å². The van der Waals surface area contributed by atoms with Crippen LogP contribution in [0.3, 0.4) is 0 Å². The summed E-state index contributed by atoms with van der Waals surface area (Å²) in [5.74, 6) is 1.38. The second kappa shape index (κ2) is 7.71. The number of piperazine rings is 1. The molecule has 0 saturated carbocycles. The average molecular weight is 382 g/mol. The summed E-state index contributed by atoms with van der Waals surface area (Å²) >= 11 is 0. The SMILES string of the molecule is CCOC(=O)N1CCN(c2ccn3ncc(-c4cccnc4OC)c3n2)CC1. The molecule has 1 saturated heterocycles. The summed E-state index contributed by atoms with van der Waals surface area (Å²) in [7, 11) is 1.60. The molecule has 4 heterocycles. The molecule has 0 bridgehead atoms. The van der Waals surface area contributed by atoms with Gasteiger partial charge >= 0.3 is 6.09 Å². The zero-order chi connectivity index (χ0) is 19.5. The quantitative estimate of drug-likeness (QED) is 0.683. The van der Waals surface area contributed by atoms with Crippen molar-refractivity contribution in [3.63, 3.8) is 0 Å². The highest BCUT2D eigenvalue weighted by atomic mass is 16.6. The van der Waals surface area contributed by atoms with Gasteiger partial charge in [0.1, 0.15) is 5.82 Å². The third-order valence-corrected chi connectivity index (χ3v) is 4.74. The van der Waals surface area contributed by atoms with Crippen LogP contribution in [0.25, 0.3) is 16.8 Å². The van der Waals surface area contributed by atoms with Crippen LogP contribution in [0.4, 0.5) is 10.6 Å². The highest BCUT2D eigenvalue weighted by Gasteiger charge is 2.23. The Balaban J connectivity index is 1.60. The standard InChI is InChI=1S/C19H22N6O3/c1-3-28-19(26)24-11-9-23(10-12-24)16-6-8-25-17(22-16)15(13-21-25)14-5-4-7-20-18(14)27-2/h4-8,13H,3,9-12H2,1-2H3. The number of ether oxygens (including phenoxy) is 2. The number of anilines is 1. The molecule has 0 atom stereocenters. The molecule has 0 aliphatic carbocycles. The Labute approximate surface area is 162 Å². The number of amides is 1. The summed E-state index contributed by atoms with van der Waals surface area (Å²) in [5, 5.41) is 4.40. The van der Waals surface area contributed by atoms with Crippen molar-refractivity contribution in [2.24, 2.45) is 0 Å². The van der Waals surface area contributed by atoms with Gasteiger partial charge in [-0.3, -0.25) is 0 Å². The second-order valence-electron chi connectivity index (χ2n) is 6.35. The highest BCUT2D eigenvalue weighted by Crippen LogP contribution is 2.30. The maximum atomic E-state index is 11.9. The lowest BCUT2D eigenvalue weighted by molar-refractivity contribution is 0.105. The van der Waals surface area contributed by atoms with Crippen LogP contribution in [0.5, 0.6) is 5.88 Å². The van der Waals surface area contributed by atoms with Gasteiger partial charge in [-0.05, 0) is 25.1 Å². The van der Waals surface area contributed by atoms with Gasteiger partial charge in [0.05, 0.1) is 25.5 Å². The smallest absolute Gasteiger partial charge is 0.409 e. The maximum absolute atomic E-state index is 11.9. The average Bonchev–Trinajstić information content (AvgIpc) is 3.17. The third-order valence-electron chi connectivity index (χ3n) is 4.74. The molecule has 0 spiro atoms. The van der Waals surface area contributed by atoms with Gasteiger partial charge in [0.25, 0.3) is 0 Å². The number of carbonyl (C=O) groups is 1. The summed E-state index contributed by atoms with van der Waals surface area (Å²) in [4.78, 5) is 24.9. The first-order valence-corrected chi connectivity index (χ1v) is 9.21. The first-order chi connectivity index (χ1) is 13.7. The number of hydrogen-bond acceptors (Lipinski definition) is 7. The van der Waals surface area contributed by atoms with E-state index in [9.17, 15) is 4.79 Å². The van der Waals surface area contributed by atoms with Gasteiger partial charge in [-0.1, -0.05) is 0 Å². The molecule has 9 heteroatoms. The minimum absolute atomic E-state index is 0.257. The molecule has 1 aliphatic heterocycles. The molecule has 1 aliphatic rings. The summed E-state index contributed by atoms with van der Waals surface area (Å²) < 4.78 is 12.2. The van der Waals surface area contributed by atoms with Gasteiger partial charge in [-0.2, -0.15) is 5.10 Å². The molecule has 0 N–H and O–H groups in total. The molecule has 0 radical (unpaired) electrons. The normalized spacial score (nSPS) is 14.4. The maximum Gasteiger partial charge on any atom is 0.409 e. The van der Waals surface area contributed by atoms with Crippen LogP contribution in [0.2, 0.25) is 0 Å². The van der Waals surface area contributed by atoms with Crippen molar-refractivity contribution in [2.75, 3.05) is 44.8 Å². The molecule has 3 aromatic heterocycles. The van der Waals surface area contributed by atoms with Crippen LogP contribution in [0, 0.1) is 0 Å². The predicted octanol–water partition coefficient (Wildman–Crippen LogP) is 2.08. The van der Waals surface area contributed by atoms with Crippen molar-refractivity contribution in [3.05, 3.63) is 36.8 Å². The van der Waals surface area contributed by atoms with Crippen molar-refractivity contribution in [2.45, 2.75) is 6.92 Å². The molecule has 146 valence electrons. The van der Waals surface area contributed by atoms with E-state index in [1.807, 2.05) is 31.3 Å². The second-order valence-corrected chi connectivity index (χ2v) is 6.35. The van der Waals surface area contributed by atoms with E-state index in [0.29, 0.717) is 38.7 Å². The molecular formula is C19H22N6O3. The Bertz CT molecular complexity index is 981. The van der Waals surface area contributed by atoms with Crippen molar-refractivity contribution in [1.82, 2.24) is 24.5 Å². The van der Waals surface area contributed by atoms with E-state index in [4.69, 9.17) is 14.5 Å². The summed E-state index contributed by atoms with van der Waals surface area (Å²) in [6.07, 6.45) is 5.09. The van der Waals surface area contributed by atoms with Gasteiger partial charge in [0.15, 0.2) is 5.65 Å². The monoisotopic (exact) mass is 382 g/mol. The van der Waals surface area contributed by atoms with E-state index in [2.05, 4.69) is 15.0 Å². The van der Waals surface area contributed by atoms with Gasteiger partial charge in [0, 0.05) is 44.1 Å². The van der Waals surface area contributed by atoms with Gasteiger partial charge in [-0.15, -0.1) is 0 Å². The summed E-state index contributed by atoms with van der Waals surface area (Å²) in [5.41, 5.74) is 2.44. The Morgan fingerprint density at radius 2 is 2.00 bits per heavy atom. The highest BCUT2D eigenvalue weighted by molar-refractivity contribution is 5.80. The fourth-order valence-corrected chi connectivity index (χ4v) is 3.32. The molecule has 0 aromatic carbocycles. The largest absolute Gasteiger partial charge is 0.481 e. The van der Waals surface area contributed by atoms with E-state index >= 15 is 0 Å². The fourth-order valence-electron chi connectivity index (χ4n) is 3.32. The lowest BCUT2D eigenvalue weighted by atomic mass is 10.1. The Morgan fingerprint density at radius 3 is 2.75 bits per heavy atom. The van der Waals surface area contributed by atoms with Crippen LogP contribution in [-0.2, 0) is 4.74 Å². The topological polar surface area (TPSA) is 85.1 Å². The number of nitrogens with zero attached hydrogens (tertiary/aromatic N) is 6. The number of aromatic nitrogens is 4. The van der Waals surface area contributed by atoms with Crippen molar-refractivity contribution < 1.29 is 14.3 Å². The molecule has 28 heavy (non-hydrogen) atoms. The van der Waals surface area contributed by atoms with Crippen LogP contribution < -0.4 is 9.64 Å². The summed E-state index contributed by atoms with van der Waals surface area (Å²) in [6, 6.07) is 5.74. The zero-order valence-corrected chi connectivity index (χ0v) is 15.9. The Morgan fingerprint density at radius 1 is 1.18 bits per heavy atom. The Kier molecular flexibility index (Phi) is 4.96. The van der Waals surface area contributed by atoms with Crippen molar-refractivity contribution >= 4 is 17.6 Å². The number of hydrogen-bond donors (Lipinski definition) is 0. The first-order valence-electron chi connectivity index (χ1n) is 9.21. The molecule has 0 unspecified atom stereocenters. The molecule has 1 amide bonds. The molecular weight excluding hydrogens is 360 g/mol. The Hall–Kier alpha value is -3.36. The number of rotatable bonds is 4. The van der Waals surface area contributed by atoms with Gasteiger partial charge < -0.3 is 19.3 Å². The molecule has 3 aromatic rings. The van der Waals surface area contributed by atoms with Crippen molar-refractivity contribution in [3.8, 4) is 17.0 Å². The van der Waals surface area contributed by atoms with Crippen LogP contribution in [0.1, 0.15) is 6.92 Å².